The van der Waals surface area contributed by atoms with E-state index in [9.17, 15) is 18.8 Å². The van der Waals surface area contributed by atoms with Crippen LogP contribution in [-0.2, 0) is 22.6 Å². The lowest BCUT2D eigenvalue weighted by Gasteiger charge is -2.32. The van der Waals surface area contributed by atoms with E-state index in [0.717, 1.165) is 11.1 Å². The molecule has 1 saturated heterocycles. The summed E-state index contributed by atoms with van der Waals surface area (Å²) < 4.78 is 31.4. The highest BCUT2D eigenvalue weighted by Gasteiger charge is 2.37. The van der Waals surface area contributed by atoms with Crippen molar-refractivity contribution in [3.05, 3.63) is 52.8 Å². The number of fused-ring (bicyclic) bond motifs is 4. The molecular formula is C31H39FN4O6. The van der Waals surface area contributed by atoms with Gasteiger partial charge in [-0.15, -0.1) is 0 Å². The number of carbonyl (C=O) groups is 3. The number of rotatable bonds is 4. The van der Waals surface area contributed by atoms with Crippen molar-refractivity contribution in [1.82, 2.24) is 20.4 Å². The molecule has 0 aliphatic carbocycles. The molecule has 2 aromatic carbocycles. The molecule has 2 N–H and O–H groups in total. The summed E-state index contributed by atoms with van der Waals surface area (Å²) in [7, 11) is 1.56. The number of amides is 3. The molecule has 5 rings (SSSR count). The van der Waals surface area contributed by atoms with Crippen LogP contribution in [0.4, 0.5) is 4.39 Å². The second-order valence-electron chi connectivity index (χ2n) is 11.5. The highest BCUT2D eigenvalue weighted by atomic mass is 19.1. The number of ether oxygens (including phenoxy) is 3. The fraction of sp³-hybridized carbons (Fsp3) is 0.516. The van der Waals surface area contributed by atoms with E-state index in [1.54, 1.807) is 19.2 Å². The van der Waals surface area contributed by atoms with Gasteiger partial charge >= 0.3 is 0 Å². The largest absolute Gasteiger partial charge is 0.493 e. The Bertz CT molecular complexity index is 1330. The maximum absolute atomic E-state index is 14.8. The Morgan fingerprint density at radius 2 is 1.95 bits per heavy atom. The fourth-order valence-corrected chi connectivity index (χ4v) is 5.81. The van der Waals surface area contributed by atoms with E-state index in [-0.39, 0.29) is 42.7 Å². The van der Waals surface area contributed by atoms with E-state index in [0.29, 0.717) is 69.1 Å². The Morgan fingerprint density at radius 1 is 1.12 bits per heavy atom. The lowest BCUT2D eigenvalue weighted by molar-refractivity contribution is -0.126. The molecule has 3 heterocycles. The minimum Gasteiger partial charge on any atom is -0.493 e. The normalized spacial score (nSPS) is 22.0. The van der Waals surface area contributed by atoms with Crippen LogP contribution >= 0.6 is 0 Å². The van der Waals surface area contributed by atoms with Crippen molar-refractivity contribution in [2.75, 3.05) is 40.1 Å². The minimum atomic E-state index is -0.688. The van der Waals surface area contributed by atoms with Crippen LogP contribution < -0.4 is 24.8 Å². The average Bonchev–Trinajstić information content (AvgIpc) is 3.64. The number of benzene rings is 2. The predicted molar refractivity (Wildman–Crippen MR) is 153 cm³/mol. The molecular weight excluding hydrogens is 543 g/mol. The zero-order valence-electron chi connectivity index (χ0n) is 24.4. The quantitative estimate of drug-likeness (QED) is 0.571. The summed E-state index contributed by atoms with van der Waals surface area (Å²) in [5.41, 5.74) is 1.65. The molecule has 226 valence electrons. The monoisotopic (exact) mass is 582 g/mol. The molecule has 0 spiro atoms. The van der Waals surface area contributed by atoms with E-state index in [2.05, 4.69) is 10.6 Å². The topological polar surface area (TPSA) is 109 Å². The average molecular weight is 583 g/mol. The Kier molecular flexibility index (Phi) is 9.15. The van der Waals surface area contributed by atoms with Gasteiger partial charge in [-0.2, -0.15) is 0 Å². The Labute approximate surface area is 245 Å². The van der Waals surface area contributed by atoms with Crippen LogP contribution in [0.15, 0.2) is 30.3 Å². The van der Waals surface area contributed by atoms with Crippen LogP contribution in [0.25, 0.3) is 0 Å². The van der Waals surface area contributed by atoms with Gasteiger partial charge in [0.15, 0.2) is 11.5 Å². The van der Waals surface area contributed by atoms with E-state index >= 15 is 0 Å². The van der Waals surface area contributed by atoms with Crippen molar-refractivity contribution < 1.29 is 33.0 Å². The molecule has 3 aliphatic heterocycles. The standard InChI is InChI=1S/C31H39FN4O6/c1-19(2)24-16-35(15-21-13-26(40-3)29-27(14-21)41-18-42-29)17-28(37)33-10-4-6-20-8-9-23(32)22(12-20)31(39)36-11-5-7-25(36)30(38)34-24/h8-9,12-14,19,24-25H,4-7,10-11,15-18H2,1-3H3,(H,33,37)(H,34,38)/t24-,25-/m0/s1. The van der Waals surface area contributed by atoms with Crippen LogP contribution in [0.5, 0.6) is 17.2 Å². The first-order chi connectivity index (χ1) is 20.2. The fourth-order valence-electron chi connectivity index (χ4n) is 5.81. The van der Waals surface area contributed by atoms with Crippen LogP contribution in [-0.4, -0.2) is 79.7 Å². The van der Waals surface area contributed by atoms with E-state index < -0.39 is 17.8 Å². The first-order valence-electron chi connectivity index (χ1n) is 14.6. The summed E-state index contributed by atoms with van der Waals surface area (Å²) >= 11 is 0. The second kappa shape index (κ2) is 13.0. The van der Waals surface area contributed by atoms with Gasteiger partial charge in [0.25, 0.3) is 5.91 Å². The third kappa shape index (κ3) is 6.61. The van der Waals surface area contributed by atoms with Crippen molar-refractivity contribution in [3.8, 4) is 17.2 Å². The highest BCUT2D eigenvalue weighted by Crippen LogP contribution is 2.42. The first-order valence-corrected chi connectivity index (χ1v) is 14.6. The summed E-state index contributed by atoms with van der Waals surface area (Å²) in [4.78, 5) is 43.6. The van der Waals surface area contributed by atoms with Gasteiger partial charge in [-0.25, -0.2) is 4.39 Å². The molecule has 0 aromatic heterocycles. The Balaban J connectivity index is 1.42. The van der Waals surface area contributed by atoms with Crippen LogP contribution in [0.1, 0.15) is 54.6 Å². The van der Waals surface area contributed by atoms with Gasteiger partial charge in [0.1, 0.15) is 11.9 Å². The SMILES string of the molecule is COc1cc(CN2CC(=O)NCCCc3ccc(F)c(c3)C(=O)N3CCC[C@H]3C(=O)N[C@H](C(C)C)C2)cc2c1OCO2. The van der Waals surface area contributed by atoms with Gasteiger partial charge in [0.2, 0.25) is 24.4 Å². The highest BCUT2D eigenvalue weighted by molar-refractivity contribution is 5.98. The van der Waals surface area contributed by atoms with Gasteiger partial charge in [-0.05, 0) is 67.0 Å². The van der Waals surface area contributed by atoms with Gasteiger partial charge < -0.3 is 29.7 Å². The van der Waals surface area contributed by atoms with Crippen molar-refractivity contribution >= 4 is 17.7 Å². The van der Waals surface area contributed by atoms with Crippen LogP contribution in [0.3, 0.4) is 0 Å². The van der Waals surface area contributed by atoms with Crippen molar-refractivity contribution in [2.45, 2.75) is 58.2 Å². The van der Waals surface area contributed by atoms with Crippen molar-refractivity contribution in [3.63, 3.8) is 0 Å². The number of nitrogens with zero attached hydrogens (tertiary/aromatic N) is 2. The Hall–Kier alpha value is -3.86. The lowest BCUT2D eigenvalue weighted by atomic mass is 10.0. The summed E-state index contributed by atoms with van der Waals surface area (Å²) in [5, 5.41) is 6.13. The lowest BCUT2D eigenvalue weighted by Crippen LogP contribution is -2.53. The van der Waals surface area contributed by atoms with Gasteiger partial charge in [-0.1, -0.05) is 19.9 Å². The molecule has 3 aliphatic rings. The molecule has 2 atom stereocenters. The number of methoxy groups -OCH3 is 1. The van der Waals surface area contributed by atoms with E-state index in [1.807, 2.05) is 30.9 Å². The number of carbonyl (C=O) groups excluding carboxylic acids is 3. The zero-order chi connectivity index (χ0) is 29.8. The maximum atomic E-state index is 14.8. The molecule has 2 aromatic rings. The first kappa shape index (κ1) is 29.6. The molecule has 0 radical (unpaired) electrons. The van der Waals surface area contributed by atoms with E-state index in [4.69, 9.17) is 14.2 Å². The summed E-state index contributed by atoms with van der Waals surface area (Å²) in [5.74, 6) is 0.241. The van der Waals surface area contributed by atoms with E-state index in [1.165, 1.54) is 11.0 Å². The molecule has 11 heteroatoms. The van der Waals surface area contributed by atoms with Gasteiger partial charge in [0.05, 0.1) is 19.2 Å². The van der Waals surface area contributed by atoms with Crippen molar-refractivity contribution in [2.24, 2.45) is 5.92 Å². The molecule has 0 saturated carbocycles. The summed E-state index contributed by atoms with van der Waals surface area (Å²) in [6.07, 6.45) is 2.37. The minimum absolute atomic E-state index is 0.0220. The molecule has 1 fully saturated rings. The smallest absolute Gasteiger partial charge is 0.257 e. The molecule has 3 amide bonds. The summed E-state index contributed by atoms with van der Waals surface area (Å²) in [6, 6.07) is 7.28. The predicted octanol–water partition coefficient (Wildman–Crippen LogP) is 2.87. The van der Waals surface area contributed by atoms with Crippen LogP contribution in [0, 0.1) is 11.7 Å². The molecule has 0 unspecified atom stereocenters. The van der Waals surface area contributed by atoms with Gasteiger partial charge in [-0.3, -0.25) is 19.3 Å². The second-order valence-corrected chi connectivity index (χ2v) is 11.5. The number of hydrogen-bond acceptors (Lipinski definition) is 7. The maximum Gasteiger partial charge on any atom is 0.257 e. The van der Waals surface area contributed by atoms with Crippen molar-refractivity contribution in [1.29, 1.82) is 0 Å². The molecule has 2 bridgehead atoms. The summed E-state index contributed by atoms with van der Waals surface area (Å²) in [6.45, 7) is 5.86. The Morgan fingerprint density at radius 3 is 2.74 bits per heavy atom. The molecule has 42 heavy (non-hydrogen) atoms. The molecule has 10 nitrogen and oxygen atoms in total. The number of halogens is 1. The number of nitrogens with one attached hydrogen (secondary N) is 2. The number of aryl methyl sites for hydroxylation is 1. The van der Waals surface area contributed by atoms with Crippen LogP contribution in [0.2, 0.25) is 0 Å². The zero-order valence-corrected chi connectivity index (χ0v) is 24.4. The van der Waals surface area contributed by atoms with Gasteiger partial charge in [0, 0.05) is 32.2 Å². The third-order valence-electron chi connectivity index (χ3n) is 8.12. The third-order valence-corrected chi connectivity index (χ3v) is 8.12. The number of hydrogen-bond donors (Lipinski definition) is 2.